The van der Waals surface area contributed by atoms with Gasteiger partial charge in [-0.25, -0.2) is 4.79 Å². The molecule has 0 N–H and O–H groups in total. The number of hydrogen-bond acceptors (Lipinski definition) is 2. The number of rotatable bonds is 5. The second-order valence-corrected chi connectivity index (χ2v) is 3.67. The number of allylic oxidation sites excluding steroid dienone is 1. The van der Waals surface area contributed by atoms with Crippen molar-refractivity contribution in [3.05, 3.63) is 47.5 Å². The first-order valence-electron chi connectivity index (χ1n) is 5.59. The van der Waals surface area contributed by atoms with Gasteiger partial charge in [0, 0.05) is 12.0 Å². The van der Waals surface area contributed by atoms with Crippen LogP contribution in [0.2, 0.25) is 0 Å². The molecule has 0 saturated carbocycles. The van der Waals surface area contributed by atoms with Gasteiger partial charge in [-0.05, 0) is 12.0 Å². The lowest BCUT2D eigenvalue weighted by Crippen LogP contribution is -2.07. The topological polar surface area (TPSA) is 26.3 Å². The third-order valence-corrected chi connectivity index (χ3v) is 2.36. The quantitative estimate of drug-likeness (QED) is 0.560. The first-order chi connectivity index (χ1) is 7.77. The van der Waals surface area contributed by atoms with Crippen molar-refractivity contribution >= 4 is 5.97 Å². The van der Waals surface area contributed by atoms with Gasteiger partial charge in [-0.15, -0.1) is 0 Å². The molecule has 1 aromatic carbocycles. The molecular formula is C14H18O2. The fourth-order valence-electron chi connectivity index (χ4n) is 1.49. The Morgan fingerprint density at radius 2 is 2.00 bits per heavy atom. The van der Waals surface area contributed by atoms with Crippen LogP contribution in [0.3, 0.4) is 0 Å². The second kappa shape index (κ2) is 6.83. The molecule has 0 radical (unpaired) electrons. The van der Waals surface area contributed by atoms with E-state index in [0.717, 1.165) is 24.0 Å². The highest BCUT2D eigenvalue weighted by atomic mass is 16.5. The van der Waals surface area contributed by atoms with Crippen molar-refractivity contribution < 1.29 is 9.53 Å². The summed E-state index contributed by atoms with van der Waals surface area (Å²) in [6.45, 7) is 2.09. The van der Waals surface area contributed by atoms with Crippen molar-refractivity contribution in [3.63, 3.8) is 0 Å². The van der Waals surface area contributed by atoms with Crippen LogP contribution in [0, 0.1) is 0 Å². The molecule has 0 amide bonds. The summed E-state index contributed by atoms with van der Waals surface area (Å²) >= 11 is 0. The molecule has 16 heavy (non-hydrogen) atoms. The van der Waals surface area contributed by atoms with Crippen molar-refractivity contribution in [2.45, 2.75) is 26.2 Å². The van der Waals surface area contributed by atoms with Gasteiger partial charge in [-0.2, -0.15) is 0 Å². The Kier molecular flexibility index (Phi) is 5.34. The Hall–Kier alpha value is -1.57. The van der Waals surface area contributed by atoms with E-state index in [9.17, 15) is 4.79 Å². The first kappa shape index (κ1) is 12.5. The van der Waals surface area contributed by atoms with E-state index in [0.29, 0.717) is 6.42 Å². The minimum absolute atomic E-state index is 0.225. The normalized spacial score (nSPS) is 11.2. The monoisotopic (exact) mass is 218 g/mol. The summed E-state index contributed by atoms with van der Waals surface area (Å²) < 4.78 is 4.77. The zero-order chi connectivity index (χ0) is 11.8. The van der Waals surface area contributed by atoms with Crippen LogP contribution in [0.5, 0.6) is 0 Å². The van der Waals surface area contributed by atoms with Gasteiger partial charge in [0.1, 0.15) is 0 Å². The molecule has 0 fully saturated rings. The van der Waals surface area contributed by atoms with E-state index in [2.05, 4.69) is 6.92 Å². The molecule has 1 rings (SSSR count). The molecule has 0 atom stereocenters. The van der Waals surface area contributed by atoms with E-state index in [1.165, 1.54) is 7.11 Å². The second-order valence-electron chi connectivity index (χ2n) is 3.67. The summed E-state index contributed by atoms with van der Waals surface area (Å²) in [6, 6.07) is 9.95. The molecule has 0 aromatic heterocycles. The number of methoxy groups -OCH3 is 1. The van der Waals surface area contributed by atoms with Crippen LogP contribution in [0.4, 0.5) is 0 Å². The van der Waals surface area contributed by atoms with Crippen LogP contribution < -0.4 is 0 Å². The fourth-order valence-corrected chi connectivity index (χ4v) is 1.49. The van der Waals surface area contributed by atoms with E-state index >= 15 is 0 Å². The van der Waals surface area contributed by atoms with Crippen molar-refractivity contribution in [2.24, 2.45) is 0 Å². The summed E-state index contributed by atoms with van der Waals surface area (Å²) in [7, 11) is 1.42. The fraction of sp³-hybridized carbons (Fsp3) is 0.357. The highest BCUT2D eigenvalue weighted by Gasteiger charge is 2.09. The van der Waals surface area contributed by atoms with Gasteiger partial charge >= 0.3 is 5.97 Å². The lowest BCUT2D eigenvalue weighted by Gasteiger charge is -2.05. The Morgan fingerprint density at radius 3 is 2.56 bits per heavy atom. The van der Waals surface area contributed by atoms with Crippen LogP contribution in [0.15, 0.2) is 42.0 Å². The Labute approximate surface area is 96.9 Å². The predicted molar refractivity (Wildman–Crippen MR) is 65.2 cm³/mol. The minimum Gasteiger partial charge on any atom is -0.466 e. The van der Waals surface area contributed by atoms with Crippen LogP contribution in [-0.2, 0) is 16.0 Å². The minimum atomic E-state index is -0.225. The van der Waals surface area contributed by atoms with Gasteiger partial charge in [0.05, 0.1) is 7.11 Å². The van der Waals surface area contributed by atoms with Gasteiger partial charge in [-0.3, -0.25) is 0 Å². The van der Waals surface area contributed by atoms with E-state index in [4.69, 9.17) is 4.74 Å². The predicted octanol–water partition coefficient (Wildman–Crippen LogP) is 3.13. The van der Waals surface area contributed by atoms with Gasteiger partial charge < -0.3 is 4.74 Å². The summed E-state index contributed by atoms with van der Waals surface area (Å²) in [5.74, 6) is -0.225. The summed E-state index contributed by atoms with van der Waals surface area (Å²) in [4.78, 5) is 11.5. The highest BCUT2D eigenvalue weighted by molar-refractivity contribution is 5.88. The van der Waals surface area contributed by atoms with Crippen LogP contribution >= 0.6 is 0 Å². The molecule has 0 unspecified atom stereocenters. The summed E-state index contributed by atoms with van der Waals surface area (Å²) in [5.41, 5.74) is 1.88. The smallest absolute Gasteiger partial charge is 0.333 e. The molecule has 0 spiro atoms. The Balaban J connectivity index is 2.75. The molecule has 0 heterocycles. The van der Waals surface area contributed by atoms with Gasteiger partial charge in [0.2, 0.25) is 0 Å². The highest BCUT2D eigenvalue weighted by Crippen LogP contribution is 2.10. The van der Waals surface area contributed by atoms with Crippen molar-refractivity contribution in [1.82, 2.24) is 0 Å². The number of ether oxygens (including phenoxy) is 1. The molecule has 0 aliphatic carbocycles. The van der Waals surface area contributed by atoms with Crippen molar-refractivity contribution in [1.29, 1.82) is 0 Å². The molecule has 0 aliphatic rings. The maximum Gasteiger partial charge on any atom is 0.333 e. The van der Waals surface area contributed by atoms with Crippen LogP contribution in [0.1, 0.15) is 25.3 Å². The third kappa shape index (κ3) is 3.89. The van der Waals surface area contributed by atoms with Crippen LogP contribution in [-0.4, -0.2) is 13.1 Å². The zero-order valence-electron chi connectivity index (χ0n) is 9.90. The first-order valence-corrected chi connectivity index (χ1v) is 5.59. The average molecular weight is 218 g/mol. The SMILES string of the molecule is CCCC=C(Cc1ccccc1)C(=O)OC. The standard InChI is InChI=1S/C14H18O2/c1-3-4-10-13(14(15)16-2)11-12-8-6-5-7-9-12/h5-10H,3-4,11H2,1-2H3. The van der Waals surface area contributed by atoms with E-state index < -0.39 is 0 Å². The Morgan fingerprint density at radius 1 is 1.31 bits per heavy atom. The molecule has 0 bridgehead atoms. The molecule has 1 aromatic rings. The molecular weight excluding hydrogens is 200 g/mol. The third-order valence-electron chi connectivity index (χ3n) is 2.36. The lowest BCUT2D eigenvalue weighted by atomic mass is 10.0. The molecule has 2 heteroatoms. The van der Waals surface area contributed by atoms with Crippen molar-refractivity contribution in [3.8, 4) is 0 Å². The van der Waals surface area contributed by atoms with Crippen molar-refractivity contribution in [2.75, 3.05) is 7.11 Å². The number of benzene rings is 1. The van der Waals surface area contributed by atoms with Gasteiger partial charge in [0.15, 0.2) is 0 Å². The summed E-state index contributed by atoms with van der Waals surface area (Å²) in [6.07, 6.45) is 4.57. The maximum atomic E-state index is 11.5. The van der Waals surface area contributed by atoms with Gasteiger partial charge in [0.25, 0.3) is 0 Å². The number of esters is 1. The molecule has 2 nitrogen and oxygen atoms in total. The van der Waals surface area contributed by atoms with Crippen LogP contribution in [0.25, 0.3) is 0 Å². The number of carbonyl (C=O) groups is 1. The van der Waals surface area contributed by atoms with Gasteiger partial charge in [-0.1, -0.05) is 49.8 Å². The number of hydrogen-bond donors (Lipinski definition) is 0. The largest absolute Gasteiger partial charge is 0.466 e. The molecule has 0 saturated heterocycles. The molecule has 0 aliphatic heterocycles. The van der Waals surface area contributed by atoms with E-state index in [-0.39, 0.29) is 5.97 Å². The number of carbonyl (C=O) groups excluding carboxylic acids is 1. The molecule has 86 valence electrons. The van der Waals surface area contributed by atoms with E-state index in [1.807, 2.05) is 36.4 Å². The average Bonchev–Trinajstić information content (AvgIpc) is 2.34. The Bertz CT molecular complexity index is 352. The maximum absolute atomic E-state index is 11.5. The number of unbranched alkanes of at least 4 members (excludes halogenated alkanes) is 1. The summed E-state index contributed by atoms with van der Waals surface area (Å²) in [5, 5.41) is 0. The van der Waals surface area contributed by atoms with E-state index in [1.54, 1.807) is 0 Å². The zero-order valence-corrected chi connectivity index (χ0v) is 9.90. The lowest BCUT2D eigenvalue weighted by molar-refractivity contribution is -0.136.